The Kier molecular flexibility index (Phi) is 5.89. The van der Waals surface area contributed by atoms with Crippen molar-refractivity contribution in [2.45, 2.75) is 18.9 Å². The molecule has 1 aromatic rings. The van der Waals surface area contributed by atoms with E-state index in [0.29, 0.717) is 5.56 Å². The molecule has 0 amide bonds. The van der Waals surface area contributed by atoms with Crippen molar-refractivity contribution in [2.75, 3.05) is 6.79 Å². The van der Waals surface area contributed by atoms with Crippen molar-refractivity contribution in [3.05, 3.63) is 23.8 Å². The lowest BCUT2D eigenvalue weighted by molar-refractivity contribution is -0.144. The SMILES string of the molecule is CC(Cc1ccc(OCOP(=O)(O)O)c(O)c1)(NN)C(=O)O. The van der Waals surface area contributed by atoms with Gasteiger partial charge in [-0.1, -0.05) is 6.07 Å². The third-order valence-electron chi connectivity index (χ3n) is 2.81. The van der Waals surface area contributed by atoms with Crippen molar-refractivity contribution in [3.63, 3.8) is 0 Å². The van der Waals surface area contributed by atoms with Gasteiger partial charge in [-0.2, -0.15) is 0 Å². The van der Waals surface area contributed by atoms with Gasteiger partial charge in [-0.05, 0) is 24.6 Å². The molecule has 124 valence electrons. The van der Waals surface area contributed by atoms with Crippen molar-refractivity contribution < 1.29 is 38.6 Å². The highest BCUT2D eigenvalue weighted by Gasteiger charge is 2.32. The Balaban J connectivity index is 2.77. The van der Waals surface area contributed by atoms with Crippen LogP contribution in [0.3, 0.4) is 0 Å². The Labute approximate surface area is 125 Å². The van der Waals surface area contributed by atoms with E-state index in [2.05, 4.69) is 9.95 Å². The Morgan fingerprint density at radius 2 is 2.09 bits per heavy atom. The van der Waals surface area contributed by atoms with Crippen LogP contribution in [0.2, 0.25) is 0 Å². The Hall–Kier alpha value is -1.68. The van der Waals surface area contributed by atoms with Gasteiger partial charge in [0.15, 0.2) is 11.5 Å². The molecule has 0 aliphatic rings. The molecule has 1 atom stereocenters. The fourth-order valence-corrected chi connectivity index (χ4v) is 1.74. The van der Waals surface area contributed by atoms with E-state index in [1.54, 1.807) is 0 Å². The molecule has 0 saturated heterocycles. The van der Waals surface area contributed by atoms with Crippen LogP contribution in [0, 0.1) is 0 Å². The van der Waals surface area contributed by atoms with Crippen LogP contribution in [0.15, 0.2) is 18.2 Å². The van der Waals surface area contributed by atoms with Gasteiger partial charge in [-0.3, -0.25) is 10.6 Å². The molecule has 0 aromatic heterocycles. The number of aromatic hydroxyl groups is 1. The molecule has 0 fully saturated rings. The highest BCUT2D eigenvalue weighted by molar-refractivity contribution is 7.46. The molecule has 1 unspecified atom stereocenters. The molecule has 0 bridgehead atoms. The van der Waals surface area contributed by atoms with Gasteiger partial charge in [0.25, 0.3) is 0 Å². The molecule has 0 aliphatic heterocycles. The van der Waals surface area contributed by atoms with E-state index in [4.69, 9.17) is 25.5 Å². The van der Waals surface area contributed by atoms with Crippen LogP contribution in [0.5, 0.6) is 11.5 Å². The molecule has 7 N–H and O–H groups in total. The Bertz CT molecular complexity index is 589. The second-order valence-corrected chi connectivity index (χ2v) is 5.88. The third kappa shape index (κ3) is 5.26. The minimum Gasteiger partial charge on any atom is -0.504 e. The maximum absolute atomic E-state index is 11.1. The summed E-state index contributed by atoms with van der Waals surface area (Å²) in [5, 5.41) is 18.8. The highest BCUT2D eigenvalue weighted by atomic mass is 31.2. The van der Waals surface area contributed by atoms with Gasteiger partial charge in [-0.15, -0.1) is 0 Å². The van der Waals surface area contributed by atoms with E-state index in [1.165, 1.54) is 25.1 Å². The van der Waals surface area contributed by atoms with Crippen LogP contribution in [0.25, 0.3) is 0 Å². The molecule has 0 radical (unpaired) electrons. The summed E-state index contributed by atoms with van der Waals surface area (Å²) >= 11 is 0. The van der Waals surface area contributed by atoms with E-state index in [9.17, 15) is 14.5 Å². The molecule has 22 heavy (non-hydrogen) atoms. The first-order chi connectivity index (χ1) is 10.1. The number of phenolic OH excluding ortho intramolecular Hbond substituents is 1. The first kappa shape index (κ1) is 18.4. The lowest BCUT2D eigenvalue weighted by Crippen LogP contribution is -2.54. The van der Waals surface area contributed by atoms with E-state index in [1.807, 2.05) is 0 Å². The number of nitrogens with one attached hydrogen (secondary N) is 1. The van der Waals surface area contributed by atoms with Gasteiger partial charge in [0.2, 0.25) is 6.79 Å². The van der Waals surface area contributed by atoms with Crippen molar-refractivity contribution in [2.24, 2.45) is 5.84 Å². The smallest absolute Gasteiger partial charge is 0.472 e. The molecule has 11 heteroatoms. The number of carboxylic acids is 1. The lowest BCUT2D eigenvalue weighted by atomic mass is 9.93. The Morgan fingerprint density at radius 1 is 1.45 bits per heavy atom. The number of phenols is 1. The fraction of sp³-hybridized carbons (Fsp3) is 0.364. The first-order valence-corrected chi connectivity index (χ1v) is 7.46. The Morgan fingerprint density at radius 3 is 2.55 bits per heavy atom. The standard InChI is InChI=1S/C11H17N2O8P/c1-11(13-12,10(15)16)5-7-2-3-9(8(14)4-7)20-6-21-22(17,18)19/h2-4,13-14H,5-6,12H2,1H3,(H,15,16)(H2,17,18,19). The third-order valence-corrected chi connectivity index (χ3v) is 3.25. The normalized spacial score (nSPS) is 14.4. The second-order valence-electron chi connectivity index (χ2n) is 4.64. The van der Waals surface area contributed by atoms with Crippen LogP contribution < -0.4 is 16.0 Å². The van der Waals surface area contributed by atoms with Crippen LogP contribution in [-0.4, -0.2) is 38.3 Å². The number of carbonyl (C=O) groups is 1. The van der Waals surface area contributed by atoms with Gasteiger partial charge in [0, 0.05) is 6.42 Å². The fourth-order valence-electron chi connectivity index (χ4n) is 1.55. The molecule has 0 spiro atoms. The second kappa shape index (κ2) is 7.05. The zero-order valence-electron chi connectivity index (χ0n) is 11.6. The number of aliphatic carboxylic acids is 1. The maximum Gasteiger partial charge on any atom is 0.472 e. The summed E-state index contributed by atoms with van der Waals surface area (Å²) in [6.07, 6.45) is -0.00828. The monoisotopic (exact) mass is 336 g/mol. The van der Waals surface area contributed by atoms with Crippen molar-refractivity contribution >= 4 is 13.8 Å². The zero-order valence-corrected chi connectivity index (χ0v) is 12.5. The number of hydrazine groups is 1. The van der Waals surface area contributed by atoms with Gasteiger partial charge < -0.3 is 24.7 Å². The molecule has 0 aliphatic carbocycles. The summed E-state index contributed by atoms with van der Waals surface area (Å²) in [7, 11) is -4.66. The molecular formula is C11H17N2O8P. The van der Waals surface area contributed by atoms with E-state index in [-0.39, 0.29) is 17.9 Å². The molecule has 10 nitrogen and oxygen atoms in total. The average Bonchev–Trinajstić information content (AvgIpc) is 2.39. The average molecular weight is 336 g/mol. The molecular weight excluding hydrogens is 319 g/mol. The molecule has 1 aromatic carbocycles. The summed E-state index contributed by atoms with van der Waals surface area (Å²) in [6, 6.07) is 4.04. The summed E-state index contributed by atoms with van der Waals surface area (Å²) in [5.41, 5.74) is 1.24. The summed E-state index contributed by atoms with van der Waals surface area (Å²) < 4.78 is 19.4. The maximum atomic E-state index is 11.1. The van der Waals surface area contributed by atoms with E-state index >= 15 is 0 Å². The predicted octanol–water partition coefficient (Wildman–Crippen LogP) is -0.313. The number of rotatable bonds is 8. The van der Waals surface area contributed by atoms with Crippen LogP contribution in [0.4, 0.5) is 0 Å². The number of nitrogens with two attached hydrogens (primary N) is 1. The zero-order chi connectivity index (χ0) is 17.0. The molecule has 1 rings (SSSR count). The molecule has 0 saturated carbocycles. The minimum absolute atomic E-state index is 0.00828. The predicted molar refractivity (Wildman–Crippen MR) is 73.8 cm³/mol. The van der Waals surface area contributed by atoms with Gasteiger partial charge >= 0.3 is 13.8 Å². The number of carboxylic acid groups (broad SMARTS) is 1. The van der Waals surface area contributed by atoms with Gasteiger partial charge in [0.1, 0.15) is 5.54 Å². The highest BCUT2D eigenvalue weighted by Crippen LogP contribution is 2.36. The summed E-state index contributed by atoms with van der Waals surface area (Å²) in [5.74, 6) is 3.65. The van der Waals surface area contributed by atoms with Crippen molar-refractivity contribution in [1.29, 1.82) is 0 Å². The van der Waals surface area contributed by atoms with E-state index < -0.39 is 26.1 Å². The van der Waals surface area contributed by atoms with E-state index in [0.717, 1.165) is 0 Å². The minimum atomic E-state index is -4.66. The summed E-state index contributed by atoms with van der Waals surface area (Å²) in [6.45, 7) is 0.624. The number of phosphoric ester groups is 1. The number of hydrogen-bond acceptors (Lipinski definition) is 7. The lowest BCUT2D eigenvalue weighted by Gasteiger charge is -2.23. The number of benzene rings is 1. The number of ether oxygens (including phenoxy) is 1. The first-order valence-electron chi connectivity index (χ1n) is 5.93. The number of phosphoric acid groups is 1. The van der Waals surface area contributed by atoms with Gasteiger partial charge in [0.05, 0.1) is 0 Å². The van der Waals surface area contributed by atoms with Crippen LogP contribution in [0.1, 0.15) is 12.5 Å². The molecule has 0 heterocycles. The van der Waals surface area contributed by atoms with Crippen molar-refractivity contribution in [1.82, 2.24) is 5.43 Å². The number of hydrogen-bond donors (Lipinski definition) is 6. The van der Waals surface area contributed by atoms with Crippen LogP contribution in [-0.2, 0) is 20.3 Å². The van der Waals surface area contributed by atoms with Crippen molar-refractivity contribution in [3.8, 4) is 11.5 Å². The van der Waals surface area contributed by atoms with Gasteiger partial charge in [-0.25, -0.2) is 14.5 Å². The largest absolute Gasteiger partial charge is 0.504 e. The topological polar surface area (TPSA) is 172 Å². The van der Waals surface area contributed by atoms with Crippen LogP contribution >= 0.6 is 7.82 Å². The quantitative estimate of drug-likeness (QED) is 0.160. The summed E-state index contributed by atoms with van der Waals surface area (Å²) in [4.78, 5) is 28.1.